The van der Waals surface area contributed by atoms with Gasteiger partial charge in [-0.2, -0.15) is 0 Å². The van der Waals surface area contributed by atoms with Gasteiger partial charge in [-0.1, -0.05) is 157 Å². The van der Waals surface area contributed by atoms with Gasteiger partial charge in [-0.25, -0.2) is 0 Å². The number of thioether (sulfide) groups is 2. The van der Waals surface area contributed by atoms with Crippen molar-refractivity contribution in [1.82, 2.24) is 4.90 Å². The highest BCUT2D eigenvalue weighted by Crippen LogP contribution is 2.48. The molecule has 0 spiro atoms. The molecule has 3 nitrogen and oxygen atoms in total. The van der Waals surface area contributed by atoms with Gasteiger partial charge in [0.25, 0.3) is 0 Å². The summed E-state index contributed by atoms with van der Waals surface area (Å²) >= 11 is 9.02. The minimum Gasteiger partial charge on any atom is -0.389 e. The van der Waals surface area contributed by atoms with Crippen molar-refractivity contribution in [3.05, 3.63) is 156 Å². The molecule has 0 bridgehead atoms. The molecule has 1 amide bonds. The molecule has 2 atom stereocenters. The average Bonchev–Trinajstić information content (AvgIpc) is 3.43. The summed E-state index contributed by atoms with van der Waals surface area (Å²) in [5, 5.41) is 10.6. The van der Waals surface area contributed by atoms with Crippen LogP contribution < -0.4 is 0 Å². The molecule has 0 aliphatic carbocycles. The van der Waals surface area contributed by atoms with E-state index in [1.165, 1.54) is 22.3 Å². The van der Waals surface area contributed by atoms with Crippen LogP contribution in [0.25, 0.3) is 0 Å². The number of unbranched alkanes of at least 4 members (excludes halogenated alkanes) is 2. The third-order valence-corrected chi connectivity index (χ3v) is 11.1. The molecule has 1 heterocycles. The van der Waals surface area contributed by atoms with E-state index in [1.54, 1.807) is 22.7 Å². The van der Waals surface area contributed by atoms with Crippen LogP contribution in [0.2, 0.25) is 0 Å². The van der Waals surface area contributed by atoms with Crippen LogP contribution in [0.1, 0.15) is 47.9 Å². The topological polar surface area (TPSA) is 40.5 Å². The highest BCUT2D eigenvalue weighted by Gasteiger charge is 2.37. The molecule has 5 rings (SSSR count). The van der Waals surface area contributed by atoms with Crippen molar-refractivity contribution in [3.8, 4) is 0 Å². The normalized spacial score (nSPS) is 16.0. The van der Waals surface area contributed by atoms with Gasteiger partial charge in [-0.15, -0.1) is 11.8 Å². The van der Waals surface area contributed by atoms with Gasteiger partial charge in [0.2, 0.25) is 5.91 Å². The van der Waals surface area contributed by atoms with E-state index in [0.29, 0.717) is 4.32 Å². The van der Waals surface area contributed by atoms with Crippen LogP contribution in [-0.4, -0.2) is 43.9 Å². The molecule has 44 heavy (non-hydrogen) atoms. The van der Waals surface area contributed by atoms with E-state index >= 15 is 0 Å². The molecule has 226 valence electrons. The van der Waals surface area contributed by atoms with E-state index in [0.717, 1.165) is 37.2 Å². The fourth-order valence-electron chi connectivity index (χ4n) is 5.76. The fraction of sp³-hybridized carbons (Fsp3) is 0.263. The SMILES string of the molecule is O=C(C[C@H](O)/C=C/CCCCSC(c1ccccc1)(c1ccccc1)c1ccccc1)N1C(=S)SC[C@H]1Cc1ccccc1. The minimum absolute atomic E-state index is 0.0332. The van der Waals surface area contributed by atoms with Crippen molar-refractivity contribution in [1.29, 1.82) is 0 Å². The number of allylic oxidation sites excluding steroid dienone is 1. The first-order chi connectivity index (χ1) is 21.6. The van der Waals surface area contributed by atoms with Crippen molar-refractivity contribution in [2.24, 2.45) is 0 Å². The van der Waals surface area contributed by atoms with Gasteiger partial charge in [0.15, 0.2) is 0 Å². The Morgan fingerprint density at radius 2 is 1.39 bits per heavy atom. The number of aliphatic hydroxyl groups excluding tert-OH is 1. The number of hydrogen-bond acceptors (Lipinski definition) is 5. The zero-order valence-corrected chi connectivity index (χ0v) is 27.3. The Labute approximate surface area is 275 Å². The number of benzene rings is 4. The molecule has 0 unspecified atom stereocenters. The van der Waals surface area contributed by atoms with E-state index in [4.69, 9.17) is 12.2 Å². The van der Waals surface area contributed by atoms with E-state index in [-0.39, 0.29) is 23.1 Å². The first-order valence-corrected chi connectivity index (χ1v) is 17.6. The van der Waals surface area contributed by atoms with E-state index < -0.39 is 6.10 Å². The second-order valence-corrected chi connectivity index (χ2v) is 14.0. The maximum Gasteiger partial charge on any atom is 0.231 e. The fourth-order valence-corrected chi connectivity index (χ4v) is 8.77. The van der Waals surface area contributed by atoms with Crippen molar-refractivity contribution in [3.63, 3.8) is 0 Å². The molecule has 4 aromatic rings. The van der Waals surface area contributed by atoms with Crippen molar-refractivity contribution in [2.45, 2.75) is 49.0 Å². The van der Waals surface area contributed by atoms with Gasteiger partial charge in [0.05, 0.1) is 23.3 Å². The largest absolute Gasteiger partial charge is 0.389 e. The maximum absolute atomic E-state index is 13.1. The lowest BCUT2D eigenvalue weighted by molar-refractivity contribution is -0.129. The zero-order chi connectivity index (χ0) is 30.6. The van der Waals surface area contributed by atoms with Crippen molar-refractivity contribution < 1.29 is 9.90 Å². The average molecular weight is 638 g/mol. The van der Waals surface area contributed by atoms with E-state index in [9.17, 15) is 9.90 Å². The van der Waals surface area contributed by atoms with Gasteiger partial charge in [-0.05, 0) is 53.7 Å². The number of aliphatic hydroxyl groups is 1. The van der Waals surface area contributed by atoms with Crippen LogP contribution in [0.4, 0.5) is 0 Å². The van der Waals surface area contributed by atoms with Crippen molar-refractivity contribution >= 4 is 46.0 Å². The van der Waals surface area contributed by atoms with E-state index in [1.807, 2.05) is 36.0 Å². The molecule has 1 aliphatic heterocycles. The Hall–Kier alpha value is -3.16. The third kappa shape index (κ3) is 8.10. The Balaban J connectivity index is 1.15. The van der Waals surface area contributed by atoms with E-state index in [2.05, 4.69) is 103 Å². The standard InChI is InChI=1S/C38H39NO2S3/c40-35(28-36(41)39-34(29-43-37(39)42)27-30-17-7-3-8-18-30)25-15-1-2-16-26-44-38(31-19-9-4-10-20-31,32-21-11-5-12-22-32)33-23-13-6-14-24-33/h3-15,17-25,34-35,40H,1-2,16,26-29H2/b25-15+/t34-,35-/m1/s1. The molecular formula is C38H39NO2S3. The Bertz CT molecular complexity index is 1400. The summed E-state index contributed by atoms with van der Waals surface area (Å²) < 4.78 is 0.311. The van der Waals surface area contributed by atoms with Crippen LogP contribution in [0.3, 0.4) is 0 Å². The number of thiocarbonyl (C=S) groups is 1. The second-order valence-electron chi connectivity index (χ2n) is 11.0. The number of hydrogen-bond donors (Lipinski definition) is 1. The summed E-state index contributed by atoms with van der Waals surface area (Å²) in [5.74, 6) is 1.68. The van der Waals surface area contributed by atoms with Crippen LogP contribution in [0.15, 0.2) is 133 Å². The highest BCUT2D eigenvalue weighted by molar-refractivity contribution is 8.23. The lowest BCUT2D eigenvalue weighted by Crippen LogP contribution is -2.41. The Morgan fingerprint density at radius 1 is 0.864 bits per heavy atom. The summed E-state index contributed by atoms with van der Waals surface area (Å²) in [6.45, 7) is 0. The van der Waals surface area contributed by atoms with Gasteiger partial charge >= 0.3 is 0 Å². The number of carbonyl (C=O) groups excluding carboxylic acids is 1. The second kappa shape index (κ2) is 16.2. The number of amides is 1. The Morgan fingerprint density at radius 3 is 1.93 bits per heavy atom. The van der Waals surface area contributed by atoms with Crippen molar-refractivity contribution in [2.75, 3.05) is 11.5 Å². The summed E-state index contributed by atoms with van der Waals surface area (Å²) in [7, 11) is 0. The summed E-state index contributed by atoms with van der Waals surface area (Å²) in [5.41, 5.74) is 5.01. The number of rotatable bonds is 14. The molecular weight excluding hydrogens is 599 g/mol. The lowest BCUT2D eigenvalue weighted by Gasteiger charge is -2.35. The molecule has 1 saturated heterocycles. The predicted octanol–water partition coefficient (Wildman–Crippen LogP) is 8.66. The smallest absolute Gasteiger partial charge is 0.231 e. The zero-order valence-electron chi connectivity index (χ0n) is 24.8. The van der Waals surface area contributed by atoms with Gasteiger partial charge < -0.3 is 5.11 Å². The summed E-state index contributed by atoms with van der Waals surface area (Å²) in [4.78, 5) is 14.8. The van der Waals surface area contributed by atoms with Gasteiger partial charge in [0, 0.05) is 5.75 Å². The number of nitrogens with zero attached hydrogens (tertiary/aromatic N) is 1. The minimum atomic E-state index is -0.815. The first-order valence-electron chi connectivity index (χ1n) is 15.3. The molecule has 1 fully saturated rings. The third-order valence-electron chi connectivity index (χ3n) is 7.91. The summed E-state index contributed by atoms with van der Waals surface area (Å²) in [6, 6.07) is 42.6. The van der Waals surface area contributed by atoms with Gasteiger partial charge in [0.1, 0.15) is 4.32 Å². The van der Waals surface area contributed by atoms with Crippen LogP contribution in [0.5, 0.6) is 0 Å². The molecule has 1 aliphatic rings. The predicted molar refractivity (Wildman–Crippen MR) is 191 cm³/mol. The van der Waals surface area contributed by atoms with Crippen LogP contribution in [-0.2, 0) is 16.0 Å². The monoisotopic (exact) mass is 637 g/mol. The molecule has 6 heteroatoms. The summed E-state index contributed by atoms with van der Waals surface area (Å²) in [6.07, 6.45) is 6.69. The Kier molecular flexibility index (Phi) is 11.9. The molecule has 0 saturated carbocycles. The molecule has 0 radical (unpaired) electrons. The lowest BCUT2D eigenvalue weighted by atomic mass is 9.84. The molecule has 4 aromatic carbocycles. The number of carbonyl (C=O) groups is 1. The molecule has 0 aromatic heterocycles. The maximum atomic E-state index is 13.1. The van der Waals surface area contributed by atoms with Crippen LogP contribution >= 0.6 is 35.7 Å². The molecule has 1 N–H and O–H groups in total. The highest BCUT2D eigenvalue weighted by atomic mass is 32.2. The quantitative estimate of drug-likeness (QED) is 0.0649. The van der Waals surface area contributed by atoms with Crippen LogP contribution in [0, 0.1) is 0 Å². The van der Waals surface area contributed by atoms with Gasteiger partial charge in [-0.3, -0.25) is 9.69 Å². The first kappa shape index (κ1) is 32.2.